The average molecular weight is 393 g/mol. The van der Waals surface area contributed by atoms with Crippen molar-refractivity contribution in [1.82, 2.24) is 4.72 Å². The molecule has 0 atom stereocenters. The minimum atomic E-state index is -4.67. The normalized spacial score (nSPS) is 12.1. The molecule has 26 heavy (non-hydrogen) atoms. The largest absolute Gasteiger partial charge is 0.497 e. The number of hydrogen-bond acceptors (Lipinski definition) is 4. The average Bonchev–Trinajstić information content (AvgIpc) is 2.59. The molecular formula is C16H15F4NO4S. The molecule has 0 spiro atoms. The Morgan fingerprint density at radius 2 is 1.73 bits per heavy atom. The molecule has 0 bridgehead atoms. The lowest BCUT2D eigenvalue weighted by molar-refractivity contribution is -0.137. The third-order valence-electron chi connectivity index (χ3n) is 3.49. The van der Waals surface area contributed by atoms with E-state index in [1.165, 1.54) is 32.4 Å². The number of sulfonamides is 1. The fourth-order valence-corrected chi connectivity index (χ4v) is 3.32. The Bertz CT molecular complexity index is 898. The van der Waals surface area contributed by atoms with Gasteiger partial charge in [-0.1, -0.05) is 0 Å². The van der Waals surface area contributed by atoms with E-state index >= 15 is 0 Å². The van der Waals surface area contributed by atoms with E-state index in [4.69, 9.17) is 9.47 Å². The monoisotopic (exact) mass is 393 g/mol. The van der Waals surface area contributed by atoms with Gasteiger partial charge in [-0.25, -0.2) is 17.5 Å². The first-order valence-electron chi connectivity index (χ1n) is 7.16. The molecule has 142 valence electrons. The summed E-state index contributed by atoms with van der Waals surface area (Å²) in [6.07, 6.45) is -4.67. The summed E-state index contributed by atoms with van der Waals surface area (Å²) < 4.78 is 88.8. The van der Waals surface area contributed by atoms with Gasteiger partial charge in [0.2, 0.25) is 10.0 Å². The predicted octanol–water partition coefficient (Wildman–Crippen LogP) is 3.34. The lowest BCUT2D eigenvalue weighted by atomic mass is 10.1. The Balaban J connectivity index is 2.32. The second-order valence-corrected chi connectivity index (χ2v) is 6.88. The second-order valence-electron chi connectivity index (χ2n) is 5.15. The molecule has 2 rings (SSSR count). The van der Waals surface area contributed by atoms with Gasteiger partial charge >= 0.3 is 6.18 Å². The Labute approximate surface area is 147 Å². The van der Waals surface area contributed by atoms with E-state index in [1.54, 1.807) is 0 Å². The van der Waals surface area contributed by atoms with E-state index in [-0.39, 0.29) is 16.4 Å². The minimum absolute atomic E-state index is 0.00261. The van der Waals surface area contributed by atoms with Crippen molar-refractivity contribution in [2.24, 2.45) is 0 Å². The number of ether oxygens (including phenoxy) is 2. The molecule has 2 aromatic rings. The summed E-state index contributed by atoms with van der Waals surface area (Å²) in [5.74, 6) is -0.724. The highest BCUT2D eigenvalue weighted by Gasteiger charge is 2.31. The minimum Gasteiger partial charge on any atom is -0.497 e. The molecule has 0 aromatic heterocycles. The van der Waals surface area contributed by atoms with Gasteiger partial charge in [0, 0.05) is 18.2 Å². The highest BCUT2D eigenvalue weighted by molar-refractivity contribution is 7.89. The summed E-state index contributed by atoms with van der Waals surface area (Å²) in [5, 5.41) is 0. The molecule has 1 N–H and O–H groups in total. The Morgan fingerprint density at radius 3 is 2.31 bits per heavy atom. The maximum absolute atomic E-state index is 13.8. The van der Waals surface area contributed by atoms with Gasteiger partial charge in [-0.15, -0.1) is 0 Å². The molecule has 0 saturated carbocycles. The van der Waals surface area contributed by atoms with Crippen molar-refractivity contribution in [1.29, 1.82) is 0 Å². The number of nitrogens with one attached hydrogen (secondary N) is 1. The first-order valence-corrected chi connectivity index (χ1v) is 8.64. The lowest BCUT2D eigenvalue weighted by Crippen LogP contribution is -2.24. The first kappa shape index (κ1) is 20.0. The van der Waals surface area contributed by atoms with Crippen molar-refractivity contribution in [2.45, 2.75) is 17.6 Å². The number of hydrogen-bond donors (Lipinski definition) is 1. The standard InChI is InChI=1S/C16H15F4NO4S/c1-24-12-4-6-14(25-2)15(8-12)26(22,23)21-9-10-7-11(16(18,19)20)3-5-13(10)17/h3-8,21H,9H2,1-2H3. The van der Waals surface area contributed by atoms with Gasteiger partial charge < -0.3 is 9.47 Å². The second kappa shape index (κ2) is 7.50. The van der Waals surface area contributed by atoms with Crippen LogP contribution in [0, 0.1) is 5.82 Å². The summed E-state index contributed by atoms with van der Waals surface area (Å²) >= 11 is 0. The molecule has 0 aliphatic carbocycles. The lowest BCUT2D eigenvalue weighted by Gasteiger charge is -2.13. The highest BCUT2D eigenvalue weighted by atomic mass is 32.2. The van der Waals surface area contributed by atoms with Crippen LogP contribution in [0.15, 0.2) is 41.3 Å². The van der Waals surface area contributed by atoms with Crippen LogP contribution >= 0.6 is 0 Å². The van der Waals surface area contributed by atoms with Crippen molar-refractivity contribution in [3.63, 3.8) is 0 Å². The zero-order chi connectivity index (χ0) is 19.5. The van der Waals surface area contributed by atoms with E-state index in [2.05, 4.69) is 4.72 Å². The SMILES string of the molecule is COc1ccc(OC)c(S(=O)(=O)NCc2cc(C(F)(F)F)ccc2F)c1. The summed E-state index contributed by atoms with van der Waals surface area (Å²) in [4.78, 5) is -0.285. The van der Waals surface area contributed by atoms with Gasteiger partial charge in [0.25, 0.3) is 0 Å². The van der Waals surface area contributed by atoms with Crippen LogP contribution in [0.2, 0.25) is 0 Å². The number of methoxy groups -OCH3 is 2. The number of benzene rings is 2. The van der Waals surface area contributed by atoms with E-state index in [0.29, 0.717) is 18.2 Å². The van der Waals surface area contributed by atoms with E-state index < -0.39 is 39.7 Å². The Kier molecular flexibility index (Phi) is 5.77. The Hall–Kier alpha value is -2.33. The van der Waals surface area contributed by atoms with Crippen LogP contribution in [0.3, 0.4) is 0 Å². The zero-order valence-corrected chi connectivity index (χ0v) is 14.5. The van der Waals surface area contributed by atoms with Crippen molar-refractivity contribution in [2.75, 3.05) is 14.2 Å². The van der Waals surface area contributed by atoms with Crippen LogP contribution < -0.4 is 14.2 Å². The molecule has 0 amide bonds. The van der Waals surface area contributed by atoms with Crippen LogP contribution in [0.1, 0.15) is 11.1 Å². The molecule has 5 nitrogen and oxygen atoms in total. The van der Waals surface area contributed by atoms with Crippen molar-refractivity contribution < 1.29 is 35.5 Å². The third kappa shape index (κ3) is 4.44. The van der Waals surface area contributed by atoms with E-state index in [9.17, 15) is 26.0 Å². The Morgan fingerprint density at radius 1 is 1.04 bits per heavy atom. The molecule has 2 aromatic carbocycles. The smallest absolute Gasteiger partial charge is 0.416 e. The molecule has 10 heteroatoms. The maximum Gasteiger partial charge on any atom is 0.416 e. The highest BCUT2D eigenvalue weighted by Crippen LogP contribution is 2.31. The summed E-state index contributed by atoms with van der Waals surface area (Å²) in [6, 6.07) is 5.80. The van der Waals surface area contributed by atoms with Gasteiger partial charge in [0.15, 0.2) is 0 Å². The predicted molar refractivity (Wildman–Crippen MR) is 85.0 cm³/mol. The fourth-order valence-electron chi connectivity index (χ4n) is 2.13. The van der Waals surface area contributed by atoms with E-state index in [1.807, 2.05) is 0 Å². The van der Waals surface area contributed by atoms with Gasteiger partial charge in [-0.2, -0.15) is 13.2 Å². The molecule has 0 heterocycles. The number of rotatable bonds is 6. The molecule has 0 fully saturated rings. The fraction of sp³-hybridized carbons (Fsp3) is 0.250. The summed E-state index contributed by atoms with van der Waals surface area (Å²) in [7, 11) is -1.61. The topological polar surface area (TPSA) is 64.6 Å². The first-order chi connectivity index (χ1) is 12.1. The van der Waals surface area contributed by atoms with Gasteiger partial charge in [-0.05, 0) is 30.3 Å². The number of alkyl halides is 3. The molecular weight excluding hydrogens is 378 g/mol. The van der Waals surface area contributed by atoms with E-state index in [0.717, 1.165) is 0 Å². The number of halogens is 4. The molecule has 0 aliphatic heterocycles. The van der Waals surface area contributed by atoms with Crippen LogP contribution in [-0.4, -0.2) is 22.6 Å². The zero-order valence-electron chi connectivity index (χ0n) is 13.7. The van der Waals surface area contributed by atoms with Crippen molar-refractivity contribution >= 4 is 10.0 Å². The van der Waals surface area contributed by atoms with Gasteiger partial charge in [-0.3, -0.25) is 0 Å². The third-order valence-corrected chi connectivity index (χ3v) is 4.91. The van der Waals surface area contributed by atoms with Crippen LogP contribution in [-0.2, 0) is 22.7 Å². The van der Waals surface area contributed by atoms with Crippen LogP contribution in [0.4, 0.5) is 17.6 Å². The quantitative estimate of drug-likeness (QED) is 0.765. The van der Waals surface area contributed by atoms with Crippen molar-refractivity contribution in [3.05, 3.63) is 53.3 Å². The van der Waals surface area contributed by atoms with Crippen LogP contribution in [0.5, 0.6) is 11.5 Å². The molecule has 0 radical (unpaired) electrons. The molecule has 0 aliphatic rings. The molecule has 0 unspecified atom stereocenters. The van der Waals surface area contributed by atoms with Crippen LogP contribution in [0.25, 0.3) is 0 Å². The van der Waals surface area contributed by atoms with Crippen molar-refractivity contribution in [3.8, 4) is 11.5 Å². The van der Waals surface area contributed by atoms with Gasteiger partial charge in [0.1, 0.15) is 22.2 Å². The summed E-state index contributed by atoms with van der Waals surface area (Å²) in [5.41, 5.74) is -1.52. The maximum atomic E-state index is 13.8. The van der Waals surface area contributed by atoms with Gasteiger partial charge in [0.05, 0.1) is 19.8 Å². The summed E-state index contributed by atoms with van der Waals surface area (Å²) in [6.45, 7) is -0.668. The molecule has 0 saturated heterocycles.